The van der Waals surface area contributed by atoms with Crippen molar-refractivity contribution in [2.75, 3.05) is 26.2 Å². The van der Waals surface area contributed by atoms with Crippen molar-refractivity contribution in [2.24, 2.45) is 5.41 Å². The third-order valence-corrected chi connectivity index (χ3v) is 7.48. The average Bonchev–Trinajstić information content (AvgIpc) is 3.42. The van der Waals surface area contributed by atoms with E-state index in [1.165, 1.54) is 31.0 Å². The van der Waals surface area contributed by atoms with Crippen molar-refractivity contribution in [1.29, 1.82) is 5.26 Å². The minimum Gasteiger partial charge on any atom is -0.404 e. The molecule has 0 atom stereocenters. The fourth-order valence-corrected chi connectivity index (χ4v) is 5.42. The van der Waals surface area contributed by atoms with Gasteiger partial charge in [0.25, 0.3) is 0 Å². The van der Waals surface area contributed by atoms with Crippen LogP contribution in [-0.4, -0.2) is 63.1 Å². The maximum Gasteiger partial charge on any atom is 0.573 e. The number of alkyl halides is 3. The molecule has 0 bridgehead atoms. The molecule has 1 aromatic carbocycles. The predicted octanol–water partition coefficient (Wildman–Crippen LogP) is 3.78. The number of carbonyl (C=O) groups is 1. The van der Waals surface area contributed by atoms with Gasteiger partial charge in [-0.15, -0.1) is 13.2 Å². The minimum atomic E-state index is -4.85. The van der Waals surface area contributed by atoms with E-state index in [2.05, 4.69) is 14.8 Å². The first kappa shape index (κ1) is 21.3. The van der Waals surface area contributed by atoms with Crippen LogP contribution in [0.5, 0.6) is 5.75 Å². The summed E-state index contributed by atoms with van der Waals surface area (Å²) in [5.41, 5.74) is 0.752. The van der Waals surface area contributed by atoms with Crippen LogP contribution in [0.3, 0.4) is 0 Å². The quantitative estimate of drug-likeness (QED) is 0.676. The molecule has 11 heteroatoms. The molecule has 2 aliphatic carbocycles. The number of amides is 2. The number of aromatic nitrogens is 3. The van der Waals surface area contributed by atoms with E-state index in [1.807, 2.05) is 15.9 Å². The van der Waals surface area contributed by atoms with Gasteiger partial charge in [0.15, 0.2) is 5.82 Å². The molecule has 178 valence electrons. The van der Waals surface area contributed by atoms with Crippen LogP contribution in [0.15, 0.2) is 24.5 Å². The van der Waals surface area contributed by atoms with Gasteiger partial charge in [0.2, 0.25) is 0 Å². The van der Waals surface area contributed by atoms with Crippen LogP contribution in [0.25, 0.3) is 0 Å². The Morgan fingerprint density at radius 3 is 2.53 bits per heavy atom. The smallest absolute Gasteiger partial charge is 0.404 e. The Morgan fingerprint density at radius 2 is 1.88 bits per heavy atom. The largest absolute Gasteiger partial charge is 0.573 e. The highest BCUT2D eigenvalue weighted by molar-refractivity contribution is 5.77. The first-order valence-corrected chi connectivity index (χ1v) is 11.5. The van der Waals surface area contributed by atoms with Crippen LogP contribution < -0.4 is 4.74 Å². The van der Waals surface area contributed by atoms with Crippen LogP contribution in [0.4, 0.5) is 18.0 Å². The van der Waals surface area contributed by atoms with E-state index in [1.54, 1.807) is 11.0 Å². The van der Waals surface area contributed by atoms with Gasteiger partial charge in [-0.3, -0.25) is 0 Å². The highest BCUT2D eigenvalue weighted by Crippen LogP contribution is 2.54. The van der Waals surface area contributed by atoms with E-state index in [9.17, 15) is 23.2 Å². The van der Waals surface area contributed by atoms with E-state index in [-0.39, 0.29) is 22.9 Å². The van der Waals surface area contributed by atoms with Crippen molar-refractivity contribution in [2.45, 2.75) is 49.9 Å². The summed E-state index contributed by atoms with van der Waals surface area (Å²) in [4.78, 5) is 20.9. The number of likely N-dealkylation sites (tertiary alicyclic amines) is 2. The second kappa shape index (κ2) is 7.35. The number of benzene rings is 1. The van der Waals surface area contributed by atoms with Crippen molar-refractivity contribution in [3.05, 3.63) is 41.5 Å². The topological polar surface area (TPSA) is 87.3 Å². The summed E-state index contributed by atoms with van der Waals surface area (Å²) in [6, 6.07) is 6.23. The molecule has 2 amide bonds. The Kier molecular flexibility index (Phi) is 4.60. The number of carbonyl (C=O) groups excluding carboxylic acids is 1. The van der Waals surface area contributed by atoms with Gasteiger partial charge in [-0.2, -0.15) is 10.4 Å². The van der Waals surface area contributed by atoms with Crippen LogP contribution in [-0.2, 0) is 0 Å². The maximum atomic E-state index is 12.8. The third-order valence-electron chi connectivity index (χ3n) is 7.48. The summed E-state index contributed by atoms with van der Waals surface area (Å²) >= 11 is 0. The summed E-state index contributed by atoms with van der Waals surface area (Å²) in [5, 5.41) is 13.8. The zero-order valence-corrected chi connectivity index (χ0v) is 18.3. The number of ether oxygens (including phenoxy) is 1. The maximum absolute atomic E-state index is 12.8. The molecule has 6 rings (SSSR count). The van der Waals surface area contributed by atoms with E-state index < -0.39 is 12.1 Å². The lowest BCUT2D eigenvalue weighted by Gasteiger charge is -2.60. The average molecular weight is 472 g/mol. The number of urea groups is 1. The van der Waals surface area contributed by atoms with Crippen molar-refractivity contribution < 1.29 is 22.7 Å². The number of hydrogen-bond donors (Lipinski definition) is 0. The third kappa shape index (κ3) is 3.75. The Hall–Kier alpha value is -3.29. The van der Waals surface area contributed by atoms with Gasteiger partial charge < -0.3 is 14.5 Å². The number of rotatable bonds is 4. The molecule has 2 saturated carbocycles. The van der Waals surface area contributed by atoms with Crippen molar-refractivity contribution in [3.8, 4) is 11.8 Å². The summed E-state index contributed by atoms with van der Waals surface area (Å²) < 4.78 is 43.4. The fourth-order valence-electron chi connectivity index (χ4n) is 5.42. The predicted molar refractivity (Wildman–Crippen MR) is 112 cm³/mol. The Balaban J connectivity index is 0.988. The Bertz CT molecular complexity index is 1160. The van der Waals surface area contributed by atoms with Gasteiger partial charge in [-0.05, 0) is 43.4 Å². The zero-order chi connectivity index (χ0) is 23.7. The van der Waals surface area contributed by atoms with E-state index in [0.29, 0.717) is 25.0 Å². The van der Waals surface area contributed by atoms with Crippen LogP contribution in [0.1, 0.15) is 60.5 Å². The monoisotopic (exact) mass is 472 g/mol. The Labute approximate surface area is 193 Å². The number of nitriles is 1. The van der Waals surface area contributed by atoms with Gasteiger partial charge in [0.1, 0.15) is 18.1 Å². The Morgan fingerprint density at radius 1 is 1.15 bits per heavy atom. The van der Waals surface area contributed by atoms with Gasteiger partial charge >= 0.3 is 12.4 Å². The lowest BCUT2D eigenvalue weighted by molar-refractivity contribution is -0.274. The highest BCUT2D eigenvalue weighted by Gasteiger charge is 2.55. The molecule has 1 spiro atoms. The molecule has 3 heterocycles. The van der Waals surface area contributed by atoms with Crippen LogP contribution in [0, 0.1) is 16.7 Å². The van der Waals surface area contributed by atoms with Gasteiger partial charge in [0.05, 0.1) is 11.6 Å². The summed E-state index contributed by atoms with van der Waals surface area (Å²) in [5.74, 6) is 0.992. The molecular formula is C23H23F3N6O2. The van der Waals surface area contributed by atoms with Gasteiger partial charge in [-0.1, -0.05) is 6.07 Å². The van der Waals surface area contributed by atoms with Crippen molar-refractivity contribution >= 4 is 6.03 Å². The molecule has 0 radical (unpaired) electrons. The number of hydrogen-bond acceptors (Lipinski definition) is 5. The standard InChI is InChI=1S/C23H23F3N6O2/c24-23(25,26)34-19-4-3-15(5-16(19)8-27)17-9-30(10-17)21(33)31-11-22(12-31)6-18(7-22)32-13-28-20(29-32)14-1-2-14/h3-5,13-14,17-18H,1-2,6-7,9-12H2. The molecule has 34 heavy (non-hydrogen) atoms. The van der Waals surface area contributed by atoms with Crippen molar-refractivity contribution in [1.82, 2.24) is 24.6 Å². The summed E-state index contributed by atoms with van der Waals surface area (Å²) in [6.07, 6.45) is 1.38. The second-order valence-electron chi connectivity index (χ2n) is 10.1. The SMILES string of the molecule is N#Cc1cc(C2CN(C(=O)N3CC4(CC(n5cnc(C6CC6)n5)C4)C3)C2)ccc1OC(F)(F)F. The van der Waals surface area contributed by atoms with E-state index in [0.717, 1.165) is 37.3 Å². The normalized spacial score (nSPS) is 22.1. The lowest BCUT2D eigenvalue weighted by atomic mass is 9.61. The highest BCUT2D eigenvalue weighted by atomic mass is 19.4. The van der Waals surface area contributed by atoms with Crippen molar-refractivity contribution in [3.63, 3.8) is 0 Å². The minimum absolute atomic E-state index is 0.000341. The lowest BCUT2D eigenvalue weighted by Crippen LogP contribution is -2.67. The summed E-state index contributed by atoms with van der Waals surface area (Å²) in [6.45, 7) is 2.46. The van der Waals surface area contributed by atoms with Crippen LogP contribution in [0.2, 0.25) is 0 Å². The first-order chi connectivity index (χ1) is 16.2. The molecule has 2 aliphatic heterocycles. The zero-order valence-electron chi connectivity index (χ0n) is 18.3. The van der Waals surface area contributed by atoms with Gasteiger partial charge in [0, 0.05) is 43.4 Å². The molecular weight excluding hydrogens is 449 g/mol. The number of nitrogens with zero attached hydrogens (tertiary/aromatic N) is 6. The molecule has 0 unspecified atom stereocenters. The van der Waals surface area contributed by atoms with Crippen LogP contribution >= 0.6 is 0 Å². The second-order valence-corrected chi connectivity index (χ2v) is 10.1. The molecule has 1 aromatic heterocycles. The number of halogens is 3. The summed E-state index contributed by atoms with van der Waals surface area (Å²) in [7, 11) is 0. The first-order valence-electron chi connectivity index (χ1n) is 11.5. The van der Waals surface area contributed by atoms with E-state index in [4.69, 9.17) is 0 Å². The molecule has 8 nitrogen and oxygen atoms in total. The molecule has 2 aromatic rings. The van der Waals surface area contributed by atoms with Gasteiger partial charge in [-0.25, -0.2) is 14.5 Å². The van der Waals surface area contributed by atoms with E-state index >= 15 is 0 Å². The molecule has 4 fully saturated rings. The molecule has 4 aliphatic rings. The molecule has 0 N–H and O–H groups in total. The molecule has 2 saturated heterocycles. The fraction of sp³-hybridized carbons (Fsp3) is 0.565.